The van der Waals surface area contributed by atoms with Gasteiger partial charge in [-0.25, -0.2) is 4.39 Å². The van der Waals surface area contributed by atoms with E-state index in [1.807, 2.05) is 18.2 Å². The maximum absolute atomic E-state index is 12.9. The van der Waals surface area contributed by atoms with Gasteiger partial charge in [-0.1, -0.05) is 11.6 Å². The van der Waals surface area contributed by atoms with Gasteiger partial charge in [0.05, 0.1) is 22.1 Å². The van der Waals surface area contributed by atoms with E-state index in [4.69, 9.17) is 17.3 Å². The van der Waals surface area contributed by atoms with Crippen LogP contribution in [0.15, 0.2) is 36.4 Å². The number of nitrogen functional groups attached to an aromatic ring is 1. The van der Waals surface area contributed by atoms with Crippen molar-refractivity contribution in [3.63, 3.8) is 0 Å². The molecule has 0 aliphatic carbocycles. The third-order valence-electron chi connectivity index (χ3n) is 2.21. The molecule has 17 heavy (non-hydrogen) atoms. The van der Waals surface area contributed by atoms with Crippen molar-refractivity contribution in [2.24, 2.45) is 0 Å². The summed E-state index contributed by atoms with van der Waals surface area (Å²) in [7, 11) is 0. The van der Waals surface area contributed by atoms with Crippen LogP contribution in [0.1, 0.15) is 0 Å². The van der Waals surface area contributed by atoms with Gasteiger partial charge in [0, 0.05) is 3.57 Å². The molecule has 0 aliphatic rings. The molecule has 0 aliphatic heterocycles. The van der Waals surface area contributed by atoms with E-state index in [1.54, 1.807) is 6.07 Å². The largest absolute Gasteiger partial charge is 0.397 e. The molecular weight excluding hydrogens is 354 g/mol. The van der Waals surface area contributed by atoms with Crippen LogP contribution in [-0.2, 0) is 0 Å². The molecule has 0 atom stereocenters. The van der Waals surface area contributed by atoms with Crippen molar-refractivity contribution in [3.8, 4) is 0 Å². The van der Waals surface area contributed by atoms with Crippen LogP contribution in [0.25, 0.3) is 0 Å². The molecule has 0 amide bonds. The fourth-order valence-electron chi connectivity index (χ4n) is 1.38. The van der Waals surface area contributed by atoms with Gasteiger partial charge in [0.25, 0.3) is 0 Å². The van der Waals surface area contributed by atoms with Crippen LogP contribution in [0, 0.1) is 9.39 Å². The molecule has 2 aromatic rings. The van der Waals surface area contributed by atoms with Crippen LogP contribution < -0.4 is 11.1 Å². The number of nitrogens with two attached hydrogens (primary N) is 1. The van der Waals surface area contributed by atoms with Gasteiger partial charge in [-0.2, -0.15) is 0 Å². The molecule has 2 rings (SSSR count). The zero-order chi connectivity index (χ0) is 12.4. The zero-order valence-corrected chi connectivity index (χ0v) is 11.6. The number of nitrogens with one attached hydrogen (secondary N) is 1. The van der Waals surface area contributed by atoms with Crippen molar-refractivity contribution in [2.75, 3.05) is 11.1 Å². The van der Waals surface area contributed by atoms with Crippen LogP contribution in [0.5, 0.6) is 0 Å². The Hall–Kier alpha value is -1.01. The third-order valence-corrected chi connectivity index (χ3v) is 3.20. The molecule has 0 bridgehead atoms. The predicted octanol–water partition coefficient (Wildman–Crippen LogP) is 4.41. The predicted molar refractivity (Wildman–Crippen MR) is 78.3 cm³/mol. The van der Waals surface area contributed by atoms with E-state index in [9.17, 15) is 4.39 Å². The average molecular weight is 363 g/mol. The Balaban J connectivity index is 2.31. The molecule has 3 N–H and O–H groups in total. The Labute approximate surface area is 117 Å². The second-order valence-corrected chi connectivity index (χ2v) is 5.13. The van der Waals surface area contributed by atoms with Crippen LogP contribution in [-0.4, -0.2) is 0 Å². The Bertz CT molecular complexity index is 511. The van der Waals surface area contributed by atoms with Crippen LogP contribution in [0.4, 0.5) is 21.5 Å². The smallest absolute Gasteiger partial charge is 0.125 e. The van der Waals surface area contributed by atoms with Gasteiger partial charge in [-0.15, -0.1) is 0 Å². The molecule has 2 nitrogen and oxygen atoms in total. The van der Waals surface area contributed by atoms with Crippen LogP contribution >= 0.6 is 34.2 Å². The molecule has 2 aromatic carbocycles. The summed E-state index contributed by atoms with van der Waals surface area (Å²) in [5.74, 6) is -0.359. The first-order chi connectivity index (χ1) is 8.06. The molecule has 0 aromatic heterocycles. The minimum absolute atomic E-state index is 0.347. The highest BCUT2D eigenvalue weighted by atomic mass is 127. The first kappa shape index (κ1) is 12.4. The normalized spacial score (nSPS) is 10.3. The van der Waals surface area contributed by atoms with Crippen molar-refractivity contribution in [1.82, 2.24) is 0 Å². The van der Waals surface area contributed by atoms with Gasteiger partial charge in [0.15, 0.2) is 0 Å². The lowest BCUT2D eigenvalue weighted by molar-refractivity contribution is 0.628. The molecule has 0 spiro atoms. The van der Waals surface area contributed by atoms with Gasteiger partial charge in [0.1, 0.15) is 5.82 Å². The quantitative estimate of drug-likeness (QED) is 0.613. The van der Waals surface area contributed by atoms with E-state index >= 15 is 0 Å². The fourth-order valence-corrected chi connectivity index (χ4v) is 2.29. The topological polar surface area (TPSA) is 38.0 Å². The molecule has 0 fully saturated rings. The summed E-state index contributed by atoms with van der Waals surface area (Å²) in [5.41, 5.74) is 7.42. The van der Waals surface area contributed by atoms with Gasteiger partial charge in [-0.05, 0) is 59.0 Å². The second kappa shape index (κ2) is 5.10. The lowest BCUT2D eigenvalue weighted by Gasteiger charge is -2.11. The number of hydrogen-bond donors (Lipinski definition) is 2. The van der Waals surface area contributed by atoms with Crippen molar-refractivity contribution in [3.05, 3.63) is 50.8 Å². The van der Waals surface area contributed by atoms with Crippen LogP contribution in [0.2, 0.25) is 5.02 Å². The number of halogens is 3. The molecule has 88 valence electrons. The van der Waals surface area contributed by atoms with Gasteiger partial charge < -0.3 is 11.1 Å². The molecule has 0 radical (unpaired) electrons. The third kappa shape index (κ3) is 3.01. The second-order valence-electron chi connectivity index (χ2n) is 3.48. The van der Waals surface area contributed by atoms with Crippen LogP contribution in [0.3, 0.4) is 0 Å². The Morgan fingerprint density at radius 2 is 1.82 bits per heavy atom. The summed E-state index contributed by atoms with van der Waals surface area (Å²) in [6, 6.07) is 9.81. The summed E-state index contributed by atoms with van der Waals surface area (Å²) in [6.45, 7) is 0. The Morgan fingerprint density at radius 1 is 1.12 bits per heavy atom. The maximum Gasteiger partial charge on any atom is 0.125 e. The first-order valence-electron chi connectivity index (χ1n) is 4.83. The molecular formula is C12H9ClFIN2. The van der Waals surface area contributed by atoms with E-state index in [-0.39, 0.29) is 5.82 Å². The van der Waals surface area contributed by atoms with E-state index < -0.39 is 0 Å². The van der Waals surface area contributed by atoms with E-state index in [0.717, 1.165) is 9.26 Å². The average Bonchev–Trinajstić information content (AvgIpc) is 2.25. The molecule has 0 saturated carbocycles. The monoisotopic (exact) mass is 362 g/mol. The van der Waals surface area contributed by atoms with Crippen molar-refractivity contribution in [2.45, 2.75) is 0 Å². The summed E-state index contributed by atoms with van der Waals surface area (Å²) in [6.07, 6.45) is 0. The molecule has 5 heteroatoms. The summed E-state index contributed by atoms with van der Waals surface area (Å²) in [5, 5.41) is 3.67. The minimum Gasteiger partial charge on any atom is -0.397 e. The lowest BCUT2D eigenvalue weighted by Crippen LogP contribution is -1.97. The highest BCUT2D eigenvalue weighted by Crippen LogP contribution is 2.29. The number of rotatable bonds is 2. The molecule has 0 saturated heterocycles. The van der Waals surface area contributed by atoms with Crippen molar-refractivity contribution >= 4 is 51.3 Å². The Kier molecular flexibility index (Phi) is 3.73. The first-order valence-corrected chi connectivity index (χ1v) is 6.29. The van der Waals surface area contributed by atoms with E-state index in [0.29, 0.717) is 16.4 Å². The highest BCUT2D eigenvalue weighted by molar-refractivity contribution is 14.1. The van der Waals surface area contributed by atoms with Gasteiger partial charge in [0.2, 0.25) is 0 Å². The van der Waals surface area contributed by atoms with Crippen molar-refractivity contribution < 1.29 is 4.39 Å². The van der Waals surface area contributed by atoms with E-state index in [1.165, 1.54) is 12.1 Å². The Morgan fingerprint density at radius 3 is 2.47 bits per heavy atom. The maximum atomic E-state index is 12.9. The molecule has 0 unspecified atom stereocenters. The molecule has 0 heterocycles. The van der Waals surface area contributed by atoms with Crippen molar-refractivity contribution in [1.29, 1.82) is 0 Å². The number of anilines is 3. The highest BCUT2D eigenvalue weighted by Gasteiger charge is 2.04. The fraction of sp³-hybridized carbons (Fsp3) is 0. The number of hydrogen-bond acceptors (Lipinski definition) is 2. The van der Waals surface area contributed by atoms with Gasteiger partial charge in [-0.3, -0.25) is 0 Å². The summed E-state index contributed by atoms with van der Waals surface area (Å²) < 4.78 is 13.9. The SMILES string of the molecule is Nc1cc(F)ccc1Nc1ccc(I)cc1Cl. The minimum atomic E-state index is -0.359. The van der Waals surface area contributed by atoms with E-state index in [2.05, 4.69) is 27.9 Å². The summed E-state index contributed by atoms with van der Waals surface area (Å²) >= 11 is 8.26. The standard InChI is InChI=1S/C12H9ClFIN2/c13-9-6-8(15)2-4-11(9)17-12-3-1-7(14)5-10(12)16/h1-6,17H,16H2. The summed E-state index contributed by atoms with van der Waals surface area (Å²) in [4.78, 5) is 0. The lowest BCUT2D eigenvalue weighted by atomic mass is 10.2. The number of benzene rings is 2. The van der Waals surface area contributed by atoms with Gasteiger partial charge >= 0.3 is 0 Å². The zero-order valence-electron chi connectivity index (χ0n) is 8.68.